The van der Waals surface area contributed by atoms with E-state index in [9.17, 15) is 4.79 Å². The van der Waals surface area contributed by atoms with Crippen LogP contribution in [0, 0.1) is 13.8 Å². The second-order valence-corrected chi connectivity index (χ2v) is 6.11. The van der Waals surface area contributed by atoms with Crippen LogP contribution in [0.25, 0.3) is 10.4 Å². The lowest BCUT2D eigenvalue weighted by Gasteiger charge is -2.11. The molecule has 1 aromatic heterocycles. The zero-order valence-corrected chi connectivity index (χ0v) is 13.4. The summed E-state index contributed by atoms with van der Waals surface area (Å²) in [6.45, 7) is 4.76. The van der Waals surface area contributed by atoms with Crippen molar-refractivity contribution in [1.82, 2.24) is 4.37 Å². The monoisotopic (exact) mass is 311 g/mol. The normalized spacial score (nSPS) is 10.6. The molecule has 3 rings (SSSR count). The van der Waals surface area contributed by atoms with E-state index in [1.807, 2.05) is 24.3 Å². The first kappa shape index (κ1) is 14.6. The average Bonchev–Trinajstić information content (AvgIpc) is 2.94. The molecule has 3 nitrogen and oxygen atoms in total. The van der Waals surface area contributed by atoms with Crippen LogP contribution in [0.1, 0.15) is 16.7 Å². The van der Waals surface area contributed by atoms with Crippen LogP contribution < -0.4 is 10.3 Å². The topological polar surface area (TPSA) is 42.1 Å². The van der Waals surface area contributed by atoms with Gasteiger partial charge in [0.25, 0.3) is 5.56 Å². The van der Waals surface area contributed by atoms with Gasteiger partial charge in [-0.3, -0.25) is 9.17 Å². The third-order valence-corrected chi connectivity index (χ3v) is 4.57. The van der Waals surface area contributed by atoms with Gasteiger partial charge in [0.2, 0.25) is 0 Å². The van der Waals surface area contributed by atoms with Gasteiger partial charge in [0.05, 0.1) is 4.88 Å². The Morgan fingerprint density at radius 1 is 1.05 bits per heavy atom. The van der Waals surface area contributed by atoms with Gasteiger partial charge in [0.1, 0.15) is 12.4 Å². The molecule has 22 heavy (non-hydrogen) atoms. The number of nitrogens with one attached hydrogen (secondary N) is 1. The molecule has 4 heteroatoms. The standard InChI is InChI=1S/C18H17NO2S/c1-12-4-3-5-13(2)16(12)11-21-15-8-6-14(7-9-15)17-10-18(20)19-22-17/h3-10H,11H2,1-2H3,(H,19,20). The van der Waals surface area contributed by atoms with Gasteiger partial charge in [0, 0.05) is 6.07 Å². The fourth-order valence-electron chi connectivity index (χ4n) is 2.37. The highest BCUT2D eigenvalue weighted by Gasteiger charge is 2.05. The maximum absolute atomic E-state index is 11.2. The van der Waals surface area contributed by atoms with Crippen molar-refractivity contribution in [2.24, 2.45) is 0 Å². The first-order valence-corrected chi connectivity index (χ1v) is 7.92. The fraction of sp³-hybridized carbons (Fsp3) is 0.167. The van der Waals surface area contributed by atoms with E-state index in [4.69, 9.17) is 4.74 Å². The Balaban J connectivity index is 1.73. The number of benzene rings is 2. The number of ether oxygens (including phenoxy) is 1. The maximum atomic E-state index is 11.2. The summed E-state index contributed by atoms with van der Waals surface area (Å²) in [6.07, 6.45) is 0. The number of aryl methyl sites for hydroxylation is 2. The van der Waals surface area contributed by atoms with E-state index in [2.05, 4.69) is 36.4 Å². The summed E-state index contributed by atoms with van der Waals surface area (Å²) >= 11 is 1.34. The summed E-state index contributed by atoms with van der Waals surface area (Å²) < 4.78 is 8.58. The Morgan fingerprint density at radius 2 is 1.73 bits per heavy atom. The van der Waals surface area contributed by atoms with Gasteiger partial charge >= 0.3 is 0 Å². The van der Waals surface area contributed by atoms with Crippen LogP contribution in [0.5, 0.6) is 5.75 Å². The van der Waals surface area contributed by atoms with Crippen molar-refractivity contribution in [3.05, 3.63) is 75.6 Å². The Morgan fingerprint density at radius 3 is 2.32 bits per heavy atom. The van der Waals surface area contributed by atoms with Crippen molar-refractivity contribution in [1.29, 1.82) is 0 Å². The number of aromatic nitrogens is 1. The van der Waals surface area contributed by atoms with Crippen molar-refractivity contribution < 1.29 is 4.74 Å². The molecule has 2 aromatic carbocycles. The van der Waals surface area contributed by atoms with Crippen molar-refractivity contribution in [2.45, 2.75) is 20.5 Å². The molecule has 0 aliphatic rings. The summed E-state index contributed by atoms with van der Waals surface area (Å²) in [5.41, 5.74) is 4.68. The highest BCUT2D eigenvalue weighted by atomic mass is 32.1. The Hall–Kier alpha value is -2.33. The largest absolute Gasteiger partial charge is 0.489 e. The minimum absolute atomic E-state index is 0.0599. The van der Waals surface area contributed by atoms with Crippen LogP contribution in [-0.2, 0) is 6.61 Å². The molecule has 0 fully saturated rings. The number of aromatic amines is 1. The number of rotatable bonds is 4. The summed E-state index contributed by atoms with van der Waals surface area (Å²) in [4.78, 5) is 12.1. The SMILES string of the molecule is Cc1cccc(C)c1COc1ccc(-c2cc(=O)[nH]s2)cc1. The second-order valence-electron chi connectivity index (χ2n) is 5.26. The van der Waals surface area contributed by atoms with Crippen molar-refractivity contribution in [2.75, 3.05) is 0 Å². The molecule has 3 aromatic rings. The van der Waals surface area contributed by atoms with Crippen LogP contribution in [-0.4, -0.2) is 4.37 Å². The molecule has 0 amide bonds. The first-order chi connectivity index (χ1) is 10.6. The predicted octanol–water partition coefficient (Wildman–Crippen LogP) is 4.30. The Labute approximate surface area is 133 Å². The molecule has 0 spiro atoms. The quantitative estimate of drug-likeness (QED) is 0.780. The van der Waals surface area contributed by atoms with E-state index in [1.54, 1.807) is 6.07 Å². The van der Waals surface area contributed by atoms with E-state index in [1.165, 1.54) is 28.2 Å². The molecule has 1 N–H and O–H groups in total. The molecular formula is C18H17NO2S. The molecular weight excluding hydrogens is 294 g/mol. The Kier molecular flexibility index (Phi) is 4.11. The highest BCUT2D eigenvalue weighted by Crippen LogP contribution is 2.24. The lowest BCUT2D eigenvalue weighted by molar-refractivity contribution is 0.304. The molecule has 0 aliphatic carbocycles. The zero-order chi connectivity index (χ0) is 15.5. The van der Waals surface area contributed by atoms with Crippen LogP contribution in [0.4, 0.5) is 0 Å². The number of hydrogen-bond donors (Lipinski definition) is 1. The van der Waals surface area contributed by atoms with E-state index < -0.39 is 0 Å². The summed E-state index contributed by atoms with van der Waals surface area (Å²) in [5.74, 6) is 0.828. The van der Waals surface area contributed by atoms with Crippen LogP contribution >= 0.6 is 11.5 Å². The minimum atomic E-state index is -0.0599. The summed E-state index contributed by atoms with van der Waals surface area (Å²) in [6, 6.07) is 15.7. The molecule has 0 bridgehead atoms. The first-order valence-electron chi connectivity index (χ1n) is 7.10. The zero-order valence-electron chi connectivity index (χ0n) is 12.6. The fourth-order valence-corrected chi connectivity index (χ4v) is 3.06. The number of H-pyrrole nitrogens is 1. The molecule has 0 radical (unpaired) electrons. The van der Waals surface area contributed by atoms with Gasteiger partial charge in [-0.25, -0.2) is 0 Å². The van der Waals surface area contributed by atoms with Crippen LogP contribution in [0.15, 0.2) is 53.3 Å². The summed E-state index contributed by atoms with van der Waals surface area (Å²) in [7, 11) is 0. The van der Waals surface area contributed by atoms with Gasteiger partial charge in [0.15, 0.2) is 0 Å². The van der Waals surface area contributed by atoms with E-state index in [-0.39, 0.29) is 5.56 Å². The van der Waals surface area contributed by atoms with Crippen molar-refractivity contribution in [3.63, 3.8) is 0 Å². The van der Waals surface area contributed by atoms with Gasteiger partial charge in [-0.2, -0.15) is 0 Å². The van der Waals surface area contributed by atoms with Crippen molar-refractivity contribution in [3.8, 4) is 16.2 Å². The van der Waals surface area contributed by atoms with E-state index in [0.29, 0.717) is 6.61 Å². The predicted molar refractivity (Wildman–Crippen MR) is 90.6 cm³/mol. The Bertz CT molecular complexity index is 811. The molecule has 0 atom stereocenters. The molecule has 0 saturated heterocycles. The third-order valence-electron chi connectivity index (χ3n) is 3.69. The molecule has 1 heterocycles. The smallest absolute Gasteiger partial charge is 0.258 e. The third kappa shape index (κ3) is 3.12. The van der Waals surface area contributed by atoms with Gasteiger partial charge in [-0.05, 0) is 60.4 Å². The van der Waals surface area contributed by atoms with Crippen molar-refractivity contribution >= 4 is 11.5 Å². The van der Waals surface area contributed by atoms with Crippen LogP contribution in [0.3, 0.4) is 0 Å². The van der Waals surface area contributed by atoms with E-state index >= 15 is 0 Å². The van der Waals surface area contributed by atoms with Crippen LogP contribution in [0.2, 0.25) is 0 Å². The molecule has 112 valence electrons. The molecule has 0 unspecified atom stereocenters. The molecule has 0 saturated carbocycles. The molecule has 0 aliphatic heterocycles. The van der Waals surface area contributed by atoms with E-state index in [0.717, 1.165) is 16.2 Å². The lowest BCUT2D eigenvalue weighted by atomic mass is 10.0. The second kappa shape index (κ2) is 6.20. The van der Waals surface area contributed by atoms with Gasteiger partial charge < -0.3 is 4.74 Å². The minimum Gasteiger partial charge on any atom is -0.489 e. The lowest BCUT2D eigenvalue weighted by Crippen LogP contribution is -2.00. The summed E-state index contributed by atoms with van der Waals surface area (Å²) in [5, 5.41) is 0. The average molecular weight is 311 g/mol. The van der Waals surface area contributed by atoms with Gasteiger partial charge in [-0.15, -0.1) is 0 Å². The highest BCUT2D eigenvalue weighted by molar-refractivity contribution is 7.09. The van der Waals surface area contributed by atoms with Gasteiger partial charge in [-0.1, -0.05) is 29.7 Å². The number of hydrogen-bond acceptors (Lipinski definition) is 3. The maximum Gasteiger partial charge on any atom is 0.258 e.